The molecule has 10 rings (SSSR count). The molecule has 0 aliphatic heterocycles. The van der Waals surface area contributed by atoms with Crippen LogP contribution in [0.5, 0.6) is 0 Å². The summed E-state index contributed by atoms with van der Waals surface area (Å²) in [7, 11) is 0. The average Bonchev–Trinajstić information content (AvgIpc) is 3.67. The molecule has 0 unspecified atom stereocenters. The molecule has 2 nitrogen and oxygen atoms in total. The Morgan fingerprint density at radius 1 is 0.431 bits per heavy atom. The normalized spacial score (nSPS) is 13.1. The minimum atomic E-state index is -0.111. The molecular weight excluding hydrogens is 619 g/mol. The minimum absolute atomic E-state index is 0.111. The van der Waals surface area contributed by atoms with Crippen molar-refractivity contribution >= 4 is 49.8 Å². The maximum absolute atomic E-state index is 6.39. The van der Waals surface area contributed by atoms with Crippen LogP contribution in [-0.2, 0) is 5.41 Å². The summed E-state index contributed by atoms with van der Waals surface area (Å²) in [5.41, 5.74) is 15.1. The van der Waals surface area contributed by atoms with Crippen molar-refractivity contribution in [2.75, 3.05) is 4.90 Å². The molecule has 242 valence electrons. The van der Waals surface area contributed by atoms with Gasteiger partial charge in [-0.1, -0.05) is 141 Å². The molecule has 0 amide bonds. The van der Waals surface area contributed by atoms with Crippen molar-refractivity contribution in [1.29, 1.82) is 0 Å². The zero-order chi connectivity index (χ0) is 34.1. The second kappa shape index (κ2) is 11.3. The van der Waals surface area contributed by atoms with E-state index in [1.165, 1.54) is 44.2 Å². The van der Waals surface area contributed by atoms with E-state index in [4.69, 9.17) is 4.42 Å². The molecule has 0 spiro atoms. The molecule has 9 aromatic rings. The van der Waals surface area contributed by atoms with Crippen LogP contribution in [0, 0.1) is 0 Å². The predicted molar refractivity (Wildman–Crippen MR) is 214 cm³/mol. The molecule has 1 heterocycles. The van der Waals surface area contributed by atoms with Gasteiger partial charge in [0.05, 0.1) is 5.69 Å². The van der Waals surface area contributed by atoms with Crippen LogP contribution in [-0.4, -0.2) is 0 Å². The van der Waals surface area contributed by atoms with Crippen molar-refractivity contribution < 1.29 is 4.42 Å². The summed E-state index contributed by atoms with van der Waals surface area (Å²) >= 11 is 0. The van der Waals surface area contributed by atoms with E-state index in [-0.39, 0.29) is 5.41 Å². The van der Waals surface area contributed by atoms with Gasteiger partial charge in [-0.05, 0) is 98.2 Å². The lowest BCUT2D eigenvalue weighted by Gasteiger charge is -2.30. The van der Waals surface area contributed by atoms with E-state index in [9.17, 15) is 0 Å². The van der Waals surface area contributed by atoms with Crippen molar-refractivity contribution in [3.05, 3.63) is 187 Å². The summed E-state index contributed by atoms with van der Waals surface area (Å²) in [5, 5.41) is 4.72. The van der Waals surface area contributed by atoms with E-state index in [2.05, 4.69) is 195 Å². The number of benzene rings is 8. The number of rotatable bonds is 5. The number of hydrogen-bond donors (Lipinski definition) is 0. The fourth-order valence-corrected chi connectivity index (χ4v) is 8.32. The molecule has 0 fully saturated rings. The van der Waals surface area contributed by atoms with Gasteiger partial charge < -0.3 is 9.32 Å². The second-order valence-corrected chi connectivity index (χ2v) is 14.1. The van der Waals surface area contributed by atoms with E-state index >= 15 is 0 Å². The first-order valence-corrected chi connectivity index (χ1v) is 17.7. The van der Waals surface area contributed by atoms with Gasteiger partial charge in [0, 0.05) is 33.1 Å². The maximum atomic E-state index is 6.39. The number of fused-ring (bicyclic) bond motifs is 8. The lowest BCUT2D eigenvalue weighted by Crippen LogP contribution is -2.16. The molecule has 1 aromatic heterocycles. The topological polar surface area (TPSA) is 16.4 Å². The van der Waals surface area contributed by atoms with Crippen LogP contribution in [0.2, 0.25) is 0 Å². The summed E-state index contributed by atoms with van der Waals surface area (Å²) < 4.78 is 6.39. The van der Waals surface area contributed by atoms with Crippen molar-refractivity contribution in [1.82, 2.24) is 0 Å². The first-order valence-electron chi connectivity index (χ1n) is 17.7. The van der Waals surface area contributed by atoms with Gasteiger partial charge in [0.1, 0.15) is 11.2 Å². The lowest BCUT2D eigenvalue weighted by atomic mass is 9.82. The number of para-hydroxylation sites is 1. The zero-order valence-electron chi connectivity index (χ0n) is 28.6. The van der Waals surface area contributed by atoms with E-state index in [0.717, 1.165) is 50.1 Å². The molecule has 0 bridgehead atoms. The molecular formula is C49H35NO. The summed E-state index contributed by atoms with van der Waals surface area (Å²) in [6, 6.07) is 63.7. The van der Waals surface area contributed by atoms with Crippen molar-refractivity contribution in [2.24, 2.45) is 0 Å². The molecule has 0 radical (unpaired) electrons. The Bertz CT molecular complexity index is 2770. The van der Waals surface area contributed by atoms with Crippen LogP contribution in [0.1, 0.15) is 25.0 Å². The molecule has 0 N–H and O–H groups in total. The van der Waals surface area contributed by atoms with Crippen LogP contribution in [0.4, 0.5) is 17.1 Å². The van der Waals surface area contributed by atoms with E-state index in [1.807, 2.05) is 0 Å². The Morgan fingerprint density at radius 2 is 1.08 bits per heavy atom. The second-order valence-electron chi connectivity index (χ2n) is 14.1. The number of furan rings is 1. The van der Waals surface area contributed by atoms with Gasteiger partial charge in [-0.2, -0.15) is 0 Å². The van der Waals surface area contributed by atoms with Crippen molar-refractivity contribution in [2.45, 2.75) is 19.3 Å². The zero-order valence-corrected chi connectivity index (χ0v) is 28.6. The number of hydrogen-bond acceptors (Lipinski definition) is 2. The van der Waals surface area contributed by atoms with Crippen LogP contribution < -0.4 is 4.90 Å². The first kappa shape index (κ1) is 29.5. The van der Waals surface area contributed by atoms with Crippen molar-refractivity contribution in [3.63, 3.8) is 0 Å². The van der Waals surface area contributed by atoms with Crippen LogP contribution in [0.3, 0.4) is 0 Å². The number of anilines is 3. The summed E-state index contributed by atoms with van der Waals surface area (Å²) in [5.74, 6) is 0. The fraction of sp³-hybridized carbons (Fsp3) is 0.0612. The third-order valence-corrected chi connectivity index (χ3v) is 10.9. The Kier molecular flexibility index (Phi) is 6.56. The fourth-order valence-electron chi connectivity index (χ4n) is 8.32. The quantitative estimate of drug-likeness (QED) is 0.184. The van der Waals surface area contributed by atoms with E-state index in [0.29, 0.717) is 0 Å². The van der Waals surface area contributed by atoms with Crippen molar-refractivity contribution in [3.8, 4) is 33.4 Å². The van der Waals surface area contributed by atoms with E-state index < -0.39 is 0 Å². The standard InChI is InChI=1S/C49H35NO/c1-49(2)43-18-10-8-17-40(43)41-27-26-37(31-44(41)49)50(36-24-20-33(21-25-36)32-12-4-3-5-13-32)45-19-11-9-15-38(45)35-23-28-46-42(30-35)48-39-16-7-6-14-34(39)22-29-47(48)51-46/h3-31H,1-2H3. The summed E-state index contributed by atoms with van der Waals surface area (Å²) in [6.45, 7) is 4.70. The van der Waals surface area contributed by atoms with Crippen LogP contribution >= 0.6 is 0 Å². The molecule has 1 aliphatic rings. The molecule has 0 atom stereocenters. The molecule has 8 aromatic carbocycles. The van der Waals surface area contributed by atoms with Gasteiger partial charge in [0.2, 0.25) is 0 Å². The lowest BCUT2D eigenvalue weighted by molar-refractivity contribution is 0.660. The van der Waals surface area contributed by atoms with Gasteiger partial charge in [0.15, 0.2) is 0 Å². The Hall–Kier alpha value is -6.38. The smallest absolute Gasteiger partial charge is 0.136 e. The highest BCUT2D eigenvalue weighted by molar-refractivity contribution is 6.19. The monoisotopic (exact) mass is 653 g/mol. The predicted octanol–water partition coefficient (Wildman–Crippen LogP) is 13.8. The van der Waals surface area contributed by atoms with Gasteiger partial charge in [-0.3, -0.25) is 0 Å². The summed E-state index contributed by atoms with van der Waals surface area (Å²) in [4.78, 5) is 2.43. The first-order chi connectivity index (χ1) is 25.0. The Labute approximate surface area is 297 Å². The third kappa shape index (κ3) is 4.64. The largest absolute Gasteiger partial charge is 0.456 e. The third-order valence-electron chi connectivity index (χ3n) is 10.9. The highest BCUT2D eigenvalue weighted by Gasteiger charge is 2.35. The van der Waals surface area contributed by atoms with Crippen LogP contribution in [0.25, 0.3) is 66.1 Å². The number of nitrogens with zero attached hydrogens (tertiary/aromatic N) is 1. The molecule has 0 saturated carbocycles. The molecule has 1 aliphatic carbocycles. The highest BCUT2D eigenvalue weighted by Crippen LogP contribution is 2.51. The Morgan fingerprint density at radius 3 is 1.94 bits per heavy atom. The van der Waals surface area contributed by atoms with Gasteiger partial charge in [-0.25, -0.2) is 0 Å². The Balaban J connectivity index is 1.17. The SMILES string of the molecule is CC1(C)c2ccccc2-c2ccc(N(c3ccc(-c4ccccc4)cc3)c3ccccc3-c3ccc4oc5ccc6ccccc6c5c4c3)cc21. The average molecular weight is 654 g/mol. The van der Waals surface area contributed by atoms with Gasteiger partial charge in [0.25, 0.3) is 0 Å². The van der Waals surface area contributed by atoms with Gasteiger partial charge >= 0.3 is 0 Å². The maximum Gasteiger partial charge on any atom is 0.136 e. The summed E-state index contributed by atoms with van der Waals surface area (Å²) in [6.07, 6.45) is 0. The molecule has 51 heavy (non-hydrogen) atoms. The molecule has 0 saturated heterocycles. The van der Waals surface area contributed by atoms with Gasteiger partial charge in [-0.15, -0.1) is 0 Å². The van der Waals surface area contributed by atoms with Crippen LogP contribution in [0.15, 0.2) is 180 Å². The minimum Gasteiger partial charge on any atom is -0.456 e. The highest BCUT2D eigenvalue weighted by atomic mass is 16.3. The molecule has 2 heteroatoms. The van der Waals surface area contributed by atoms with E-state index in [1.54, 1.807) is 0 Å².